The number of amides is 13. The Hall–Kier alpha value is -8.25. The van der Waals surface area contributed by atoms with Crippen LogP contribution in [0.2, 0.25) is 0 Å². The lowest BCUT2D eigenvalue weighted by atomic mass is 9.94. The average Bonchev–Trinajstić information content (AvgIpc) is 1.61. The topological polar surface area (TPSA) is 576 Å². The molecule has 6 rings (SSSR count). The number of halogens is 2. The van der Waals surface area contributed by atoms with E-state index in [1.54, 1.807) is 45.9 Å². The molecule has 4 aromatic rings. The van der Waals surface area contributed by atoms with Crippen LogP contribution in [0.5, 0.6) is 5.75 Å². The van der Waals surface area contributed by atoms with Gasteiger partial charge < -0.3 is 103 Å². The van der Waals surface area contributed by atoms with E-state index in [0.29, 0.717) is 33.7 Å². The van der Waals surface area contributed by atoms with E-state index in [2.05, 4.69) is 100.0 Å². The molecule has 0 aliphatic carbocycles. The third-order valence-electron chi connectivity index (χ3n) is 18.1. The van der Waals surface area contributed by atoms with Crippen molar-refractivity contribution in [3.63, 3.8) is 0 Å². The molecule has 2 unspecified atom stereocenters. The highest BCUT2D eigenvalue weighted by Gasteiger charge is 2.41. The number of β-amino-alcohol motifs (C(OH)–C–C–N with tert-alkyl or cyclic N) is 1. The molecule has 0 saturated carbocycles. The molecule has 0 bridgehead atoms. The van der Waals surface area contributed by atoms with Crippen LogP contribution in [0.15, 0.2) is 41.4 Å². The quantitative estimate of drug-likeness (QED) is 0.00975. The lowest BCUT2D eigenvalue weighted by molar-refractivity contribution is -0.138. The third kappa shape index (κ3) is 29.2. The molecular weight excluding hydrogens is 1710 g/mol. The summed E-state index contributed by atoms with van der Waals surface area (Å²) in [5.74, 6) is -14.1. The van der Waals surface area contributed by atoms with Crippen LogP contribution in [-0.4, -0.2) is 291 Å². The zero-order valence-corrected chi connectivity index (χ0v) is 70.0. The average molecular weight is 1810 g/mol. The van der Waals surface area contributed by atoms with Gasteiger partial charge in [0.2, 0.25) is 65.0 Å². The van der Waals surface area contributed by atoms with Crippen LogP contribution in [-0.2, 0) is 100 Å². The SMILES string of the molecule is CC[C@H](C)[C@@H]1NC(=O)CNC(=O)[C@H](NC(=O)[C@@H](NC(C)=O)[C@@H](C)[C@@H](O)CO)Cc2c([nH]c3cc(OC(=O)N(C)CCSSC(C)(C)C(NC(=O)CCOCCOCCNC(=O)c4ccc5nc(CBr)c(CBr)nc5c4)C(=O)NCCS(=O)(=O)O)ccc23)S(=O)C[C@@H](C(=O)N[C@@H](CC(N)=O)C(=O)N2CC[C@@H](O)C2)NC(=O)CNC1=O. The summed E-state index contributed by atoms with van der Waals surface area (Å²) in [6.45, 7) is 6.19. The number of carbonyl (C=O) groups excluding carboxylic acids is 13. The van der Waals surface area contributed by atoms with Gasteiger partial charge in [0.15, 0.2) is 0 Å². The van der Waals surface area contributed by atoms with Crippen LogP contribution >= 0.6 is 53.4 Å². The van der Waals surface area contributed by atoms with E-state index in [4.69, 9.17) is 19.9 Å². The highest BCUT2D eigenvalue weighted by molar-refractivity contribution is 9.09. The van der Waals surface area contributed by atoms with E-state index in [9.17, 15) is 90.6 Å². The number of aliphatic hydroxyl groups is 3. The van der Waals surface area contributed by atoms with Gasteiger partial charge in [-0.2, -0.15) is 8.42 Å². The molecule has 2 aromatic carbocycles. The zero-order chi connectivity index (χ0) is 84.3. The molecule has 2 aliphatic rings. The van der Waals surface area contributed by atoms with Gasteiger partial charge in [-0.25, -0.2) is 14.8 Å². The van der Waals surface area contributed by atoms with Crippen molar-refractivity contribution in [1.82, 2.24) is 77.9 Å². The Morgan fingerprint density at radius 2 is 1.54 bits per heavy atom. The zero-order valence-electron chi connectivity index (χ0n) is 63.6. The van der Waals surface area contributed by atoms with Gasteiger partial charge in [0.1, 0.15) is 47.0 Å². The van der Waals surface area contributed by atoms with Gasteiger partial charge in [0.05, 0.1) is 115 Å². The number of ether oxygens (including phenoxy) is 3. The number of likely N-dealkylation sites (tertiary alicyclic amines) is 1. The van der Waals surface area contributed by atoms with Crippen molar-refractivity contribution in [3.8, 4) is 5.75 Å². The molecule has 39 nitrogen and oxygen atoms in total. The summed E-state index contributed by atoms with van der Waals surface area (Å²) < 4.78 is 63.6. The van der Waals surface area contributed by atoms with Crippen molar-refractivity contribution in [2.24, 2.45) is 17.6 Å². The first-order valence-corrected chi connectivity index (χ1v) is 43.6. The monoisotopic (exact) mass is 1800 g/mol. The minimum absolute atomic E-state index is 0.0111. The first-order valence-electron chi connectivity index (χ1n) is 36.1. The number of alkyl halides is 2. The molecule has 0 radical (unpaired) electrons. The summed E-state index contributed by atoms with van der Waals surface area (Å²) in [7, 11) is -3.36. The number of nitrogens with zero attached hydrogens (tertiary/aromatic N) is 4. The maximum absolute atomic E-state index is 15.3. The second-order valence-corrected chi connectivity index (χ2v) is 34.5. The van der Waals surface area contributed by atoms with Crippen molar-refractivity contribution in [2.45, 2.75) is 143 Å². The highest BCUT2D eigenvalue weighted by atomic mass is 79.9. The van der Waals surface area contributed by atoms with E-state index in [0.717, 1.165) is 29.1 Å². The lowest BCUT2D eigenvalue weighted by Gasteiger charge is -2.33. The lowest BCUT2D eigenvalue weighted by Crippen LogP contribution is -2.59. The maximum Gasteiger partial charge on any atom is 0.414 e. The third-order valence-corrected chi connectivity index (χ3v) is 24.6. The smallest absolute Gasteiger partial charge is 0.410 e. The molecule has 2 aliphatic heterocycles. The number of nitrogens with one attached hydrogen (secondary N) is 11. The molecule has 17 N–H and O–H groups in total. The summed E-state index contributed by atoms with van der Waals surface area (Å²) >= 11 is 6.83. The first kappa shape index (κ1) is 94.6. The molecule has 0 spiro atoms. The van der Waals surface area contributed by atoms with Crippen molar-refractivity contribution in [2.75, 3.05) is 103 Å². The highest BCUT2D eigenvalue weighted by Crippen LogP contribution is 2.39. The number of aromatic amines is 1. The van der Waals surface area contributed by atoms with Crippen molar-refractivity contribution in [3.05, 3.63) is 58.9 Å². The summed E-state index contributed by atoms with van der Waals surface area (Å²) in [6.07, 6.45) is -4.64. The number of hydrogen-bond acceptors (Lipinski definition) is 26. The Morgan fingerprint density at radius 3 is 2.17 bits per heavy atom. The Kier molecular flexibility index (Phi) is 37.6. The van der Waals surface area contributed by atoms with E-state index in [-0.39, 0.29) is 104 Å². The van der Waals surface area contributed by atoms with Gasteiger partial charge in [0, 0.05) is 104 Å². The summed E-state index contributed by atoms with van der Waals surface area (Å²) in [5.41, 5.74) is 8.63. The van der Waals surface area contributed by atoms with E-state index in [1.165, 1.54) is 52.8 Å². The van der Waals surface area contributed by atoms with Crippen LogP contribution in [0.25, 0.3) is 21.9 Å². The number of H-pyrrole nitrogens is 1. The molecule has 1 saturated heterocycles. The van der Waals surface area contributed by atoms with Crippen LogP contribution < -0.4 is 63.6 Å². The molecule has 11 atom stereocenters. The van der Waals surface area contributed by atoms with E-state index >= 15 is 4.21 Å². The molecule has 13 amide bonds. The standard InChI is InChI=1S/C69H98Br2N16O23S4/c1-8-36(2)57-63(99)76-31-55(94)80-51(62(98)82-48(28-53(72)92)67(102)87-17-13-40(90)33-87)35-113(104)66-43(27-47(61(97)75-32-56(95)84-57)81-64(100)58(77-38(4)89)37(3)52(91)34-88)42-11-10-41(26-45(42)83-66)110-68(103)86(7)18-23-111-112-69(5,6)59(65(101)74-16-24-114(105,106)107)85-54(93)14-19-108-21-22-109-20-15-73-60(96)39-9-12-44-46(25-39)79-50(30-71)49(29-70)78-44/h9-12,25-26,36-37,40,47-48,51-52,57-59,83,88,90-91H,8,13-24,27-35H2,1-7H3,(H2,72,92)(H,73,96)(H,74,101)(H,75,97)(H,76,99)(H,77,89)(H,80,94)(H,81,100)(H,82,98)(H,84,95)(H,85,93)(H,105,106,107)/t36-,37-,40+,47+,48-,51-,52-,57-,58-,59?,113?/m0/s1. The molecule has 4 heterocycles. The molecule has 630 valence electrons. The molecule has 114 heavy (non-hydrogen) atoms. The number of aliphatic hydroxyl groups excluding tert-OH is 3. The van der Waals surface area contributed by atoms with Crippen molar-refractivity contribution >= 4 is 173 Å². The van der Waals surface area contributed by atoms with Crippen LogP contribution in [0.3, 0.4) is 0 Å². The molecule has 45 heteroatoms. The number of benzene rings is 2. The maximum atomic E-state index is 15.3. The predicted molar refractivity (Wildman–Crippen MR) is 425 cm³/mol. The minimum Gasteiger partial charge on any atom is -0.410 e. The molecule has 2 aromatic heterocycles. The fourth-order valence-corrected chi connectivity index (χ4v) is 16.9. The van der Waals surface area contributed by atoms with Crippen molar-refractivity contribution in [1.29, 1.82) is 0 Å². The minimum atomic E-state index is -4.49. The number of nitrogens with two attached hydrogens (primary N) is 1. The van der Waals surface area contributed by atoms with Crippen LogP contribution in [0.1, 0.15) is 94.5 Å². The first-order chi connectivity index (χ1) is 53.9. The van der Waals surface area contributed by atoms with Crippen LogP contribution in [0.4, 0.5) is 4.79 Å². The number of carbonyl (C=O) groups is 13. The van der Waals surface area contributed by atoms with Gasteiger partial charge in [-0.1, -0.05) is 80.6 Å². The molecular formula is C69H98Br2N16O23S4. The van der Waals surface area contributed by atoms with E-state index in [1.807, 2.05) is 0 Å². The van der Waals surface area contributed by atoms with Gasteiger partial charge in [-0.3, -0.25) is 66.3 Å². The number of aromatic nitrogens is 3. The summed E-state index contributed by atoms with van der Waals surface area (Å²) in [5, 5.41) is 56.6. The summed E-state index contributed by atoms with van der Waals surface area (Å²) in [6, 6.07) is -0.683. The van der Waals surface area contributed by atoms with Gasteiger partial charge >= 0.3 is 6.09 Å². The van der Waals surface area contributed by atoms with Gasteiger partial charge in [-0.15, -0.1) is 0 Å². The Bertz CT molecular complexity index is 4280. The normalized spacial score (nSPS) is 19.0. The second-order valence-electron chi connectivity index (χ2n) is 27.3. The number of fused-ring (bicyclic) bond motifs is 4. The number of primary amides is 1. The van der Waals surface area contributed by atoms with Gasteiger partial charge in [0.25, 0.3) is 16.0 Å². The van der Waals surface area contributed by atoms with Gasteiger partial charge in [-0.05, 0) is 62.1 Å². The summed E-state index contributed by atoms with van der Waals surface area (Å²) in [4.78, 5) is 192. The predicted octanol–water partition coefficient (Wildman–Crippen LogP) is -2.32. The van der Waals surface area contributed by atoms with E-state index < -0.39 is 208 Å². The Morgan fingerprint density at radius 1 is 0.868 bits per heavy atom. The fourth-order valence-electron chi connectivity index (χ4n) is 11.6. The number of hydrogen-bond donors (Lipinski definition) is 16. The fraction of sp³-hybridized carbons (Fsp3) is 0.580. The molecule has 1 fully saturated rings. The van der Waals surface area contributed by atoms with Crippen molar-refractivity contribution < 1.29 is 109 Å². The number of rotatable bonds is 37. The second kappa shape index (κ2) is 45.3. The van der Waals surface area contributed by atoms with Crippen LogP contribution in [0, 0.1) is 11.8 Å². The Labute approximate surface area is 683 Å². The largest absolute Gasteiger partial charge is 0.414 e. The Balaban J connectivity index is 1.19.